The van der Waals surface area contributed by atoms with E-state index in [1.54, 1.807) is 48.7 Å². The lowest BCUT2D eigenvalue weighted by atomic mass is 10.2. The molecule has 8 nitrogen and oxygen atoms in total. The zero-order valence-electron chi connectivity index (χ0n) is 17.5. The Balaban J connectivity index is 1.48. The summed E-state index contributed by atoms with van der Waals surface area (Å²) in [7, 11) is -3.89. The number of amides is 1. The van der Waals surface area contributed by atoms with Crippen molar-refractivity contribution in [3.63, 3.8) is 0 Å². The van der Waals surface area contributed by atoms with Crippen molar-refractivity contribution in [3.8, 4) is 5.82 Å². The molecule has 0 radical (unpaired) electrons. The Morgan fingerprint density at radius 3 is 2.48 bits per heavy atom. The highest BCUT2D eigenvalue weighted by Crippen LogP contribution is 2.30. The summed E-state index contributed by atoms with van der Waals surface area (Å²) >= 11 is 1.20. The number of hydrogen-bond donors (Lipinski definition) is 0. The lowest BCUT2D eigenvalue weighted by Gasteiger charge is -2.16. The highest BCUT2D eigenvalue weighted by molar-refractivity contribution is 7.99. The predicted octanol–water partition coefficient (Wildman–Crippen LogP) is 3.03. The van der Waals surface area contributed by atoms with Crippen LogP contribution in [0.15, 0.2) is 81.7 Å². The average Bonchev–Trinajstić information content (AvgIpc) is 3.01. The SMILES string of the molecule is Cc1ccc(-n2c(SCCN3C(=O)c4ccccc4S3(=O)=O)nc3ccccc3c2=O)nc1. The second kappa shape index (κ2) is 8.13. The molecule has 0 saturated heterocycles. The van der Waals surface area contributed by atoms with E-state index in [0.29, 0.717) is 21.9 Å². The van der Waals surface area contributed by atoms with Gasteiger partial charge in [-0.05, 0) is 42.8 Å². The number of benzene rings is 2. The first kappa shape index (κ1) is 21.4. The summed E-state index contributed by atoms with van der Waals surface area (Å²) < 4.78 is 27.9. The van der Waals surface area contributed by atoms with Gasteiger partial charge in [-0.1, -0.05) is 42.1 Å². The number of aryl methyl sites for hydroxylation is 1. The van der Waals surface area contributed by atoms with Crippen LogP contribution in [0, 0.1) is 6.92 Å². The topological polar surface area (TPSA) is 102 Å². The first-order valence-electron chi connectivity index (χ1n) is 10.1. The molecule has 2 aromatic carbocycles. The van der Waals surface area contributed by atoms with Gasteiger partial charge in [-0.2, -0.15) is 0 Å². The van der Waals surface area contributed by atoms with E-state index < -0.39 is 15.9 Å². The Labute approximate surface area is 194 Å². The van der Waals surface area contributed by atoms with E-state index in [1.165, 1.54) is 28.5 Å². The Morgan fingerprint density at radius 2 is 1.73 bits per heavy atom. The van der Waals surface area contributed by atoms with Crippen LogP contribution in [0.2, 0.25) is 0 Å². The van der Waals surface area contributed by atoms with Gasteiger partial charge in [0.2, 0.25) is 0 Å². The normalized spacial score (nSPS) is 14.6. The maximum atomic E-state index is 13.3. The van der Waals surface area contributed by atoms with Crippen LogP contribution in [0.4, 0.5) is 0 Å². The lowest BCUT2D eigenvalue weighted by molar-refractivity contribution is 0.0876. The van der Waals surface area contributed by atoms with Gasteiger partial charge in [0.1, 0.15) is 10.7 Å². The van der Waals surface area contributed by atoms with E-state index >= 15 is 0 Å². The van der Waals surface area contributed by atoms with Crippen LogP contribution in [-0.4, -0.2) is 45.5 Å². The fraction of sp³-hybridized carbons (Fsp3) is 0.130. The van der Waals surface area contributed by atoms with Gasteiger partial charge in [-0.3, -0.25) is 9.59 Å². The fourth-order valence-electron chi connectivity index (χ4n) is 3.68. The number of rotatable bonds is 5. The van der Waals surface area contributed by atoms with E-state index in [-0.39, 0.29) is 28.3 Å². The Hall–Kier alpha value is -3.50. The Morgan fingerprint density at radius 1 is 0.970 bits per heavy atom. The van der Waals surface area contributed by atoms with Gasteiger partial charge in [0.15, 0.2) is 5.16 Å². The number of fused-ring (bicyclic) bond motifs is 2. The maximum absolute atomic E-state index is 13.3. The minimum atomic E-state index is -3.89. The zero-order chi connectivity index (χ0) is 23.2. The molecule has 0 atom stereocenters. The van der Waals surface area contributed by atoms with Gasteiger partial charge in [0.05, 0.1) is 16.5 Å². The molecule has 1 aliphatic heterocycles. The zero-order valence-corrected chi connectivity index (χ0v) is 19.1. The number of carbonyl (C=O) groups is 1. The molecule has 5 rings (SSSR count). The van der Waals surface area contributed by atoms with E-state index in [9.17, 15) is 18.0 Å². The third-order valence-electron chi connectivity index (χ3n) is 5.31. The second-order valence-corrected chi connectivity index (χ2v) is 10.4. The molecule has 166 valence electrons. The summed E-state index contributed by atoms with van der Waals surface area (Å²) in [5, 5.41) is 0.827. The summed E-state index contributed by atoms with van der Waals surface area (Å²) in [5.41, 5.74) is 1.39. The second-order valence-electron chi connectivity index (χ2n) is 7.47. The smallest absolute Gasteiger partial charge is 0.268 e. The van der Waals surface area contributed by atoms with Crippen molar-refractivity contribution in [3.05, 3.63) is 88.3 Å². The third kappa shape index (κ3) is 3.61. The Kier molecular flexibility index (Phi) is 5.26. The van der Waals surface area contributed by atoms with Gasteiger partial charge in [-0.15, -0.1) is 0 Å². The average molecular weight is 479 g/mol. The van der Waals surface area contributed by atoms with Crippen molar-refractivity contribution in [1.29, 1.82) is 0 Å². The summed E-state index contributed by atoms with van der Waals surface area (Å²) in [5.74, 6) is 0.0918. The molecule has 0 saturated carbocycles. The van der Waals surface area contributed by atoms with Crippen molar-refractivity contribution in [2.24, 2.45) is 0 Å². The molecule has 0 fully saturated rings. The molecular formula is C23H18N4O4S2. The first-order valence-corrected chi connectivity index (χ1v) is 12.5. The molecule has 0 unspecified atom stereocenters. The van der Waals surface area contributed by atoms with E-state index in [4.69, 9.17) is 0 Å². The summed E-state index contributed by atoms with van der Waals surface area (Å²) in [4.78, 5) is 34.9. The van der Waals surface area contributed by atoms with E-state index in [0.717, 1.165) is 9.87 Å². The van der Waals surface area contributed by atoms with Gasteiger partial charge in [-0.25, -0.2) is 27.3 Å². The van der Waals surface area contributed by atoms with Gasteiger partial charge in [0, 0.05) is 18.5 Å². The molecule has 10 heteroatoms. The summed E-state index contributed by atoms with van der Waals surface area (Å²) in [6, 6.07) is 16.8. The highest BCUT2D eigenvalue weighted by atomic mass is 32.2. The van der Waals surface area contributed by atoms with Gasteiger partial charge in [0.25, 0.3) is 21.5 Å². The first-order chi connectivity index (χ1) is 15.9. The monoisotopic (exact) mass is 478 g/mol. The van der Waals surface area contributed by atoms with E-state index in [1.807, 2.05) is 13.0 Å². The van der Waals surface area contributed by atoms with Crippen LogP contribution in [0.1, 0.15) is 15.9 Å². The molecule has 4 aromatic rings. The number of nitrogens with zero attached hydrogens (tertiary/aromatic N) is 4. The largest absolute Gasteiger partial charge is 0.269 e. The minimum absolute atomic E-state index is 0.0181. The molecule has 0 bridgehead atoms. The quantitative estimate of drug-likeness (QED) is 0.321. The predicted molar refractivity (Wildman–Crippen MR) is 125 cm³/mol. The number of pyridine rings is 1. The number of carbonyl (C=O) groups excluding carboxylic acids is 1. The molecule has 2 aromatic heterocycles. The molecule has 33 heavy (non-hydrogen) atoms. The van der Waals surface area contributed by atoms with Crippen molar-refractivity contribution < 1.29 is 13.2 Å². The number of para-hydroxylation sites is 1. The molecule has 0 aliphatic carbocycles. The standard InChI is InChI=1S/C23H18N4O4S2/c1-15-10-11-20(24-14-15)27-22(29)16-6-2-4-8-18(16)25-23(27)32-13-12-26-21(28)17-7-3-5-9-19(17)33(26,30)31/h2-11,14H,12-13H2,1H3. The van der Waals surface area contributed by atoms with Gasteiger partial charge >= 0.3 is 0 Å². The van der Waals surface area contributed by atoms with E-state index in [2.05, 4.69) is 9.97 Å². The van der Waals surface area contributed by atoms with Crippen LogP contribution >= 0.6 is 11.8 Å². The molecule has 1 amide bonds. The van der Waals surface area contributed by atoms with Crippen LogP contribution in [0.5, 0.6) is 0 Å². The van der Waals surface area contributed by atoms with Crippen molar-refractivity contribution in [2.75, 3.05) is 12.3 Å². The minimum Gasteiger partial charge on any atom is -0.268 e. The third-order valence-corrected chi connectivity index (χ3v) is 8.07. The molecule has 0 spiro atoms. The molecule has 1 aliphatic rings. The van der Waals surface area contributed by atoms with Crippen molar-refractivity contribution in [1.82, 2.24) is 18.8 Å². The van der Waals surface area contributed by atoms with Crippen LogP contribution < -0.4 is 5.56 Å². The number of sulfonamides is 1. The molecule has 3 heterocycles. The Bertz CT molecular complexity index is 1560. The van der Waals surface area contributed by atoms with Crippen molar-refractivity contribution in [2.45, 2.75) is 17.0 Å². The van der Waals surface area contributed by atoms with Crippen molar-refractivity contribution >= 4 is 38.6 Å². The highest BCUT2D eigenvalue weighted by Gasteiger charge is 2.40. The number of aromatic nitrogens is 3. The number of hydrogen-bond acceptors (Lipinski definition) is 7. The van der Waals surface area contributed by atoms with Crippen LogP contribution in [0.25, 0.3) is 16.7 Å². The fourth-order valence-corrected chi connectivity index (χ4v) is 6.29. The maximum Gasteiger partial charge on any atom is 0.269 e. The summed E-state index contributed by atoms with van der Waals surface area (Å²) in [6.07, 6.45) is 1.66. The summed E-state index contributed by atoms with van der Waals surface area (Å²) in [6.45, 7) is 1.85. The molecular weight excluding hydrogens is 460 g/mol. The molecule has 0 N–H and O–H groups in total. The lowest BCUT2D eigenvalue weighted by Crippen LogP contribution is -2.32. The van der Waals surface area contributed by atoms with Gasteiger partial charge < -0.3 is 0 Å². The van der Waals surface area contributed by atoms with Crippen LogP contribution in [0.3, 0.4) is 0 Å². The van der Waals surface area contributed by atoms with Crippen LogP contribution in [-0.2, 0) is 10.0 Å². The number of thioether (sulfide) groups is 1.